The van der Waals surface area contributed by atoms with Crippen LogP contribution in [-0.4, -0.2) is 81.6 Å². The topological polar surface area (TPSA) is 184 Å². The van der Waals surface area contributed by atoms with Crippen LogP contribution >= 0.6 is 0 Å². The molecule has 0 aromatic carbocycles. The van der Waals surface area contributed by atoms with Gasteiger partial charge in [0.2, 0.25) is 0 Å². The molecule has 0 fully saturated rings. The zero-order valence-electron chi connectivity index (χ0n) is 7.26. The molecule has 0 aromatic rings. The van der Waals surface area contributed by atoms with Gasteiger partial charge in [0.05, 0.1) is 0 Å². The predicted octanol–water partition coefficient (Wildman–Crippen LogP) is -14.4. The summed E-state index contributed by atoms with van der Waals surface area (Å²) in [6.07, 6.45) is 0. The maximum Gasteiger partial charge on any atom is 3.00 e. The molecule has 64 valence electrons. The van der Waals surface area contributed by atoms with Gasteiger partial charge in [0.1, 0.15) is 0 Å². The SMILES string of the molecule is [Al+3].[Li+].[Mg+2].[Mg+2].[O-][Si]([O-])([O-])[O-].[O-][Si]([O-])([O-])[O-]. The van der Waals surface area contributed by atoms with Crippen LogP contribution in [0.5, 0.6) is 0 Å². The van der Waals surface area contributed by atoms with E-state index in [1.807, 2.05) is 0 Å². The van der Waals surface area contributed by atoms with Gasteiger partial charge in [0.25, 0.3) is 0 Å². The molecule has 0 N–H and O–H groups in total. The van der Waals surface area contributed by atoms with Crippen LogP contribution in [0.15, 0.2) is 0 Å². The second-order valence-electron chi connectivity index (χ2n) is 1.00. The van der Waals surface area contributed by atoms with Crippen LogP contribution in [-0.2, 0) is 0 Å². The van der Waals surface area contributed by atoms with Crippen molar-refractivity contribution in [1.82, 2.24) is 0 Å². The Balaban J connectivity index is -0.0000000178. The molecule has 0 bridgehead atoms. The Morgan fingerprint density at radius 2 is 0.500 bits per heavy atom. The van der Waals surface area contributed by atoms with Crippen molar-refractivity contribution in [2.45, 2.75) is 0 Å². The molecule has 0 spiro atoms. The summed E-state index contributed by atoms with van der Waals surface area (Å²) in [5.41, 5.74) is 0. The molecule has 0 atom stereocenters. The fourth-order valence-electron chi connectivity index (χ4n) is 0. The van der Waals surface area contributed by atoms with E-state index in [1.54, 1.807) is 0 Å². The summed E-state index contributed by atoms with van der Waals surface area (Å²) in [4.78, 5) is 68.6. The van der Waals surface area contributed by atoms with E-state index < -0.39 is 18.1 Å². The summed E-state index contributed by atoms with van der Waals surface area (Å²) in [5, 5.41) is 0. The standard InChI is InChI=1S/Al.Li.2Mg.2O4Si/c;;;;2*1-5(2,3)4/q+3;+1;2*+2;2*-4. The maximum absolute atomic E-state index is 8.58. The van der Waals surface area contributed by atoms with Gasteiger partial charge in [0, 0.05) is 0 Å². The van der Waals surface area contributed by atoms with Crippen molar-refractivity contribution >= 4 is 81.6 Å². The summed E-state index contributed by atoms with van der Waals surface area (Å²) in [6, 6.07) is 0. The Kier molecular flexibility index (Phi) is 40.5. The average molecular weight is 267 g/mol. The minimum Gasteiger partial charge on any atom is -0.894 e. The van der Waals surface area contributed by atoms with E-state index in [4.69, 9.17) is 38.4 Å². The van der Waals surface area contributed by atoms with Gasteiger partial charge < -0.3 is 56.5 Å². The van der Waals surface area contributed by atoms with Crippen molar-refractivity contribution in [1.29, 1.82) is 0 Å². The monoisotopic (exact) mass is 266 g/mol. The molecule has 0 rings (SSSR count). The summed E-state index contributed by atoms with van der Waals surface area (Å²) in [5.74, 6) is 0. The fourth-order valence-corrected chi connectivity index (χ4v) is 0. The molecule has 0 amide bonds. The molecule has 0 radical (unpaired) electrons. The molecule has 0 saturated carbocycles. The molecule has 0 aliphatic heterocycles. The zero-order chi connectivity index (χ0) is 9.00. The van der Waals surface area contributed by atoms with Crippen LogP contribution in [0.25, 0.3) is 0 Å². The van der Waals surface area contributed by atoms with E-state index in [2.05, 4.69) is 0 Å². The molecule has 0 aliphatic rings. The normalized spacial score (nSPS) is 8.57. The first-order valence-electron chi connectivity index (χ1n) is 1.63. The predicted molar refractivity (Wildman–Crippen MR) is 28.8 cm³/mol. The Hall–Kier alpha value is 2.78. The molecule has 14 heteroatoms. The molecule has 8 nitrogen and oxygen atoms in total. The summed E-state index contributed by atoms with van der Waals surface area (Å²) in [6.45, 7) is 0. The van der Waals surface area contributed by atoms with Gasteiger partial charge in [-0.05, 0) is 0 Å². The fraction of sp³-hybridized carbons (Fsp3) is 0. The summed E-state index contributed by atoms with van der Waals surface area (Å²) >= 11 is 0. The molecule has 14 heavy (non-hydrogen) atoms. The molecular formula is AlLiMg2O8Si2. The van der Waals surface area contributed by atoms with Crippen molar-refractivity contribution in [3.63, 3.8) is 0 Å². The van der Waals surface area contributed by atoms with Crippen LogP contribution < -0.4 is 57.2 Å². The Morgan fingerprint density at radius 3 is 0.500 bits per heavy atom. The van der Waals surface area contributed by atoms with Crippen LogP contribution in [0.1, 0.15) is 0 Å². The minimum atomic E-state index is -5.61. The Morgan fingerprint density at radius 1 is 0.500 bits per heavy atom. The first kappa shape index (κ1) is 36.0. The minimum absolute atomic E-state index is 0. The molecule has 0 unspecified atom stereocenters. The quantitative estimate of drug-likeness (QED) is 0.387. The third-order valence-corrected chi connectivity index (χ3v) is 0. The van der Waals surface area contributed by atoms with Gasteiger partial charge in [-0.15, -0.1) is 0 Å². The molecule has 0 saturated heterocycles. The smallest absolute Gasteiger partial charge is 0.894 e. The maximum atomic E-state index is 8.58. The van der Waals surface area contributed by atoms with Gasteiger partial charge in [-0.1, -0.05) is 0 Å². The third-order valence-electron chi connectivity index (χ3n) is 0. The van der Waals surface area contributed by atoms with Crippen molar-refractivity contribution in [3.8, 4) is 0 Å². The van der Waals surface area contributed by atoms with E-state index in [9.17, 15) is 0 Å². The van der Waals surface area contributed by atoms with E-state index in [1.165, 1.54) is 0 Å². The van der Waals surface area contributed by atoms with Gasteiger partial charge in [0.15, 0.2) is 0 Å². The van der Waals surface area contributed by atoms with E-state index >= 15 is 0 Å². The van der Waals surface area contributed by atoms with E-state index in [0.29, 0.717) is 0 Å². The second-order valence-corrected chi connectivity index (χ2v) is 3.00. The Bertz CT molecular complexity index is 68.3. The zero-order valence-corrected chi connectivity index (χ0v) is 13.2. The van der Waals surface area contributed by atoms with Crippen LogP contribution in [0, 0.1) is 0 Å². The van der Waals surface area contributed by atoms with Crippen molar-refractivity contribution in [3.05, 3.63) is 0 Å². The second kappa shape index (κ2) is 15.8. The number of hydrogen-bond acceptors (Lipinski definition) is 8. The van der Waals surface area contributed by atoms with Gasteiger partial charge in [-0.25, -0.2) is 0 Å². The number of rotatable bonds is 0. The first-order chi connectivity index (χ1) is 4.00. The van der Waals surface area contributed by atoms with Crippen molar-refractivity contribution in [2.75, 3.05) is 0 Å². The van der Waals surface area contributed by atoms with Gasteiger partial charge in [-0.3, -0.25) is 0 Å². The average Bonchev–Trinajstić information content (AvgIpc) is 1.12. The van der Waals surface area contributed by atoms with Crippen LogP contribution in [0.2, 0.25) is 0 Å². The molecule has 0 aliphatic carbocycles. The van der Waals surface area contributed by atoms with Crippen molar-refractivity contribution in [2.24, 2.45) is 0 Å². The van der Waals surface area contributed by atoms with E-state index in [-0.39, 0.29) is 82.3 Å². The van der Waals surface area contributed by atoms with Crippen LogP contribution in [0.4, 0.5) is 0 Å². The molecule has 0 aromatic heterocycles. The Labute approximate surface area is 137 Å². The van der Waals surface area contributed by atoms with Crippen LogP contribution in [0.3, 0.4) is 0 Å². The molecule has 0 heterocycles. The first-order valence-corrected chi connectivity index (χ1v) is 4.90. The largest absolute Gasteiger partial charge is 3.00 e. The van der Waals surface area contributed by atoms with Gasteiger partial charge in [-0.2, -0.15) is 0 Å². The van der Waals surface area contributed by atoms with Gasteiger partial charge >= 0.3 is 82.3 Å². The number of hydrogen-bond donors (Lipinski definition) is 0. The van der Waals surface area contributed by atoms with E-state index in [0.717, 1.165) is 0 Å². The van der Waals surface area contributed by atoms with Crippen molar-refractivity contribution < 1.29 is 57.2 Å². The summed E-state index contributed by atoms with van der Waals surface area (Å²) in [7, 11) is -11.2. The third kappa shape index (κ3) is 364. The molecular weight excluding hydrogens is 267 g/mol. The summed E-state index contributed by atoms with van der Waals surface area (Å²) < 4.78 is 0.